The summed E-state index contributed by atoms with van der Waals surface area (Å²) >= 11 is 1.50. The fraction of sp³-hybridized carbons (Fsp3) is 0.263. The van der Waals surface area contributed by atoms with Crippen molar-refractivity contribution in [3.8, 4) is 11.5 Å². The van der Waals surface area contributed by atoms with Crippen LogP contribution in [0.5, 0.6) is 11.5 Å². The lowest BCUT2D eigenvalue weighted by atomic mass is 10.0. The van der Waals surface area contributed by atoms with Crippen LogP contribution < -0.4 is 14.8 Å². The minimum absolute atomic E-state index is 0.0954. The van der Waals surface area contributed by atoms with Gasteiger partial charge in [-0.25, -0.2) is 4.98 Å². The molecule has 0 bridgehead atoms. The number of amides is 1. The highest BCUT2D eigenvalue weighted by Gasteiger charge is 2.15. The van der Waals surface area contributed by atoms with Gasteiger partial charge in [0.1, 0.15) is 0 Å². The van der Waals surface area contributed by atoms with Crippen molar-refractivity contribution >= 4 is 32.6 Å². The van der Waals surface area contributed by atoms with E-state index < -0.39 is 0 Å². The van der Waals surface area contributed by atoms with Gasteiger partial charge in [0.2, 0.25) is 12.7 Å². The van der Waals surface area contributed by atoms with Crippen molar-refractivity contribution < 1.29 is 14.3 Å². The van der Waals surface area contributed by atoms with Crippen LogP contribution >= 0.6 is 11.3 Å². The zero-order valence-corrected chi connectivity index (χ0v) is 14.9. The summed E-state index contributed by atoms with van der Waals surface area (Å²) in [4.78, 5) is 16.8. The molecule has 1 aromatic heterocycles. The first kappa shape index (κ1) is 15.9. The number of thiazole rings is 1. The molecular weight excluding hydrogens is 336 g/mol. The van der Waals surface area contributed by atoms with Crippen LogP contribution in [0.2, 0.25) is 0 Å². The van der Waals surface area contributed by atoms with Gasteiger partial charge in [0.15, 0.2) is 16.6 Å². The molecule has 0 saturated heterocycles. The Hall–Kier alpha value is -2.60. The molecule has 0 spiro atoms. The Bertz CT molecular complexity index is 949. The van der Waals surface area contributed by atoms with E-state index in [-0.39, 0.29) is 19.1 Å². The van der Waals surface area contributed by atoms with Crippen LogP contribution in [0.3, 0.4) is 0 Å². The molecule has 25 heavy (non-hydrogen) atoms. The van der Waals surface area contributed by atoms with Gasteiger partial charge >= 0.3 is 0 Å². The Morgan fingerprint density at radius 3 is 2.88 bits per heavy atom. The monoisotopic (exact) mass is 354 g/mol. The normalized spacial score (nSPS) is 12.8. The number of nitrogens with zero attached hydrogens (tertiary/aromatic N) is 1. The zero-order chi connectivity index (χ0) is 17.4. The third kappa shape index (κ3) is 3.30. The van der Waals surface area contributed by atoms with Gasteiger partial charge in [0.25, 0.3) is 0 Å². The average Bonchev–Trinajstić information content (AvgIpc) is 3.18. The van der Waals surface area contributed by atoms with Crippen molar-refractivity contribution in [2.45, 2.75) is 26.2 Å². The van der Waals surface area contributed by atoms with Gasteiger partial charge in [-0.15, -0.1) is 0 Å². The molecular formula is C19H18N2O3S. The summed E-state index contributed by atoms with van der Waals surface area (Å²) in [6, 6.07) is 11.8. The van der Waals surface area contributed by atoms with E-state index in [9.17, 15) is 4.79 Å². The number of aromatic nitrogens is 1. The van der Waals surface area contributed by atoms with Crippen molar-refractivity contribution in [3.05, 3.63) is 47.5 Å². The first-order chi connectivity index (χ1) is 12.1. The number of carbonyl (C=O) groups excluding carboxylic acids is 1. The van der Waals surface area contributed by atoms with Crippen LogP contribution in [0.25, 0.3) is 10.2 Å². The predicted octanol–water partition coefficient (Wildman–Crippen LogP) is 4.33. The molecule has 3 aromatic rings. The number of benzene rings is 2. The summed E-state index contributed by atoms with van der Waals surface area (Å²) in [5.74, 6) is 1.78. The summed E-state index contributed by atoms with van der Waals surface area (Å²) in [7, 11) is 0. The van der Waals surface area contributed by atoms with Crippen LogP contribution in [-0.4, -0.2) is 17.7 Å². The lowest BCUT2D eigenvalue weighted by molar-refractivity contribution is -0.115. The number of rotatable bonds is 4. The van der Waals surface area contributed by atoms with Gasteiger partial charge in [-0.1, -0.05) is 37.3 Å². The second-order valence-electron chi connectivity index (χ2n) is 6.31. The summed E-state index contributed by atoms with van der Waals surface area (Å²) in [6.45, 7) is 4.56. The molecule has 2 heterocycles. The van der Waals surface area contributed by atoms with E-state index in [0.717, 1.165) is 21.5 Å². The van der Waals surface area contributed by atoms with Crippen LogP contribution in [0.4, 0.5) is 5.13 Å². The molecule has 6 heteroatoms. The molecule has 1 aliphatic heterocycles. The minimum Gasteiger partial charge on any atom is -0.454 e. The van der Waals surface area contributed by atoms with Crippen LogP contribution in [0, 0.1) is 0 Å². The van der Waals surface area contributed by atoms with E-state index in [1.807, 2.05) is 24.3 Å². The second-order valence-corrected chi connectivity index (χ2v) is 7.34. The quantitative estimate of drug-likeness (QED) is 0.757. The van der Waals surface area contributed by atoms with Gasteiger partial charge in [-0.3, -0.25) is 4.79 Å². The average molecular weight is 354 g/mol. The fourth-order valence-corrected chi connectivity index (χ4v) is 3.68. The van der Waals surface area contributed by atoms with Crippen molar-refractivity contribution in [1.29, 1.82) is 0 Å². The van der Waals surface area contributed by atoms with Crippen molar-refractivity contribution in [3.63, 3.8) is 0 Å². The third-order valence-electron chi connectivity index (χ3n) is 4.13. The van der Waals surface area contributed by atoms with Gasteiger partial charge < -0.3 is 14.8 Å². The SMILES string of the molecule is CC(C)c1ccc2nc(NC(=O)Cc3ccc4c(c3)OCO4)sc2c1. The molecule has 0 radical (unpaired) electrons. The Morgan fingerprint density at radius 1 is 1.20 bits per heavy atom. The third-order valence-corrected chi connectivity index (χ3v) is 5.06. The molecule has 128 valence electrons. The highest BCUT2D eigenvalue weighted by atomic mass is 32.1. The Labute approximate surface area is 149 Å². The van der Waals surface area contributed by atoms with Crippen LogP contribution in [0.1, 0.15) is 30.9 Å². The Kier molecular flexibility index (Phi) is 4.05. The zero-order valence-electron chi connectivity index (χ0n) is 14.0. The number of fused-ring (bicyclic) bond motifs is 2. The molecule has 1 N–H and O–H groups in total. The Balaban J connectivity index is 1.48. The van der Waals surface area contributed by atoms with E-state index in [2.05, 4.69) is 36.3 Å². The smallest absolute Gasteiger partial charge is 0.231 e. The van der Waals surface area contributed by atoms with Crippen molar-refractivity contribution in [1.82, 2.24) is 4.98 Å². The molecule has 4 rings (SSSR count). The molecule has 0 aliphatic carbocycles. The topological polar surface area (TPSA) is 60.5 Å². The maximum atomic E-state index is 12.3. The van der Waals surface area contributed by atoms with Gasteiger partial charge in [-0.2, -0.15) is 0 Å². The molecule has 0 unspecified atom stereocenters. The summed E-state index contributed by atoms with van der Waals surface area (Å²) in [6.07, 6.45) is 0.268. The Morgan fingerprint density at radius 2 is 2.04 bits per heavy atom. The van der Waals surface area contributed by atoms with Gasteiger partial charge in [0.05, 0.1) is 16.6 Å². The molecule has 0 saturated carbocycles. The van der Waals surface area contributed by atoms with E-state index in [1.165, 1.54) is 16.9 Å². The largest absolute Gasteiger partial charge is 0.454 e. The van der Waals surface area contributed by atoms with Crippen LogP contribution in [0.15, 0.2) is 36.4 Å². The van der Waals surface area contributed by atoms with Crippen LogP contribution in [-0.2, 0) is 11.2 Å². The number of ether oxygens (including phenoxy) is 2. The molecule has 1 aliphatic rings. The van der Waals surface area contributed by atoms with Crippen molar-refractivity contribution in [2.24, 2.45) is 0 Å². The van der Waals surface area contributed by atoms with Gasteiger partial charge in [0, 0.05) is 0 Å². The maximum Gasteiger partial charge on any atom is 0.231 e. The lowest BCUT2D eigenvalue weighted by Gasteiger charge is -2.03. The number of anilines is 1. The summed E-state index contributed by atoms with van der Waals surface area (Å²) in [5, 5.41) is 3.52. The molecule has 5 nitrogen and oxygen atoms in total. The van der Waals surface area contributed by atoms with E-state index in [4.69, 9.17) is 9.47 Å². The van der Waals surface area contributed by atoms with Gasteiger partial charge in [-0.05, 0) is 41.3 Å². The summed E-state index contributed by atoms with van der Waals surface area (Å²) < 4.78 is 11.7. The number of nitrogens with one attached hydrogen (secondary N) is 1. The first-order valence-corrected chi connectivity index (χ1v) is 8.99. The highest BCUT2D eigenvalue weighted by Crippen LogP contribution is 2.33. The maximum absolute atomic E-state index is 12.3. The number of hydrogen-bond donors (Lipinski definition) is 1. The first-order valence-electron chi connectivity index (χ1n) is 8.17. The lowest BCUT2D eigenvalue weighted by Crippen LogP contribution is -2.14. The van der Waals surface area contributed by atoms with E-state index in [1.54, 1.807) is 0 Å². The van der Waals surface area contributed by atoms with E-state index in [0.29, 0.717) is 16.8 Å². The minimum atomic E-state index is -0.0954. The fourth-order valence-electron chi connectivity index (χ4n) is 2.75. The predicted molar refractivity (Wildman–Crippen MR) is 98.6 cm³/mol. The number of carbonyl (C=O) groups is 1. The highest BCUT2D eigenvalue weighted by molar-refractivity contribution is 7.22. The standard InChI is InChI=1S/C19H18N2O3S/c1-11(2)13-4-5-14-17(9-13)25-19(20-14)21-18(22)8-12-3-6-15-16(7-12)24-10-23-15/h3-7,9,11H,8,10H2,1-2H3,(H,20,21,22). The summed E-state index contributed by atoms with van der Waals surface area (Å²) in [5.41, 5.74) is 3.06. The molecule has 0 atom stereocenters. The second kappa shape index (κ2) is 6.37. The molecule has 1 amide bonds. The number of hydrogen-bond acceptors (Lipinski definition) is 5. The van der Waals surface area contributed by atoms with Crippen molar-refractivity contribution in [2.75, 3.05) is 12.1 Å². The molecule has 0 fully saturated rings. The van der Waals surface area contributed by atoms with E-state index >= 15 is 0 Å². The molecule has 2 aromatic carbocycles.